The number of rotatable bonds is 2. The Morgan fingerprint density at radius 3 is 2.60 bits per heavy atom. The van der Waals surface area contributed by atoms with Gasteiger partial charge in [0.1, 0.15) is 0 Å². The number of nitrogens with zero attached hydrogens (tertiary/aromatic N) is 1. The molecular formula is C12H13NO2. The number of anilines is 1. The minimum atomic E-state index is 0.0928. The van der Waals surface area contributed by atoms with E-state index in [1.807, 2.05) is 35.2 Å². The lowest BCUT2D eigenvalue weighted by molar-refractivity contribution is -0.119. The Kier molecular flexibility index (Phi) is 1.83. The molecule has 1 saturated carbocycles. The zero-order valence-corrected chi connectivity index (χ0v) is 8.34. The Hall–Kier alpha value is -1.35. The summed E-state index contributed by atoms with van der Waals surface area (Å²) in [6, 6.07) is 9.74. The van der Waals surface area contributed by atoms with Crippen molar-refractivity contribution in [3.8, 4) is 0 Å². The Balaban J connectivity index is 1.81. The molecular weight excluding hydrogens is 190 g/mol. The van der Waals surface area contributed by atoms with Gasteiger partial charge in [0.05, 0.1) is 0 Å². The summed E-state index contributed by atoms with van der Waals surface area (Å²) in [7, 11) is 0. The van der Waals surface area contributed by atoms with Crippen LogP contribution in [-0.2, 0) is 4.79 Å². The molecule has 0 radical (unpaired) electrons. The molecule has 78 valence electrons. The van der Waals surface area contributed by atoms with Crippen molar-refractivity contribution in [1.82, 2.24) is 0 Å². The maximum atomic E-state index is 11.9. The molecule has 2 aliphatic rings. The van der Waals surface area contributed by atoms with Gasteiger partial charge in [-0.25, -0.2) is 0 Å². The number of fused-ring (bicyclic) bond motifs is 1. The smallest absolute Gasteiger partial charge is 0.230 e. The number of aliphatic hydroxyl groups excluding tert-OH is 1. The lowest BCUT2D eigenvalue weighted by atomic mass is 10.2. The number of aliphatic hydroxyl groups is 1. The molecule has 1 aromatic carbocycles. The molecule has 1 saturated heterocycles. The summed E-state index contributed by atoms with van der Waals surface area (Å²) >= 11 is 0. The monoisotopic (exact) mass is 203 g/mol. The fraction of sp³-hybridized carbons (Fsp3) is 0.417. The predicted molar refractivity (Wildman–Crippen MR) is 56.4 cm³/mol. The van der Waals surface area contributed by atoms with Crippen LogP contribution in [0.5, 0.6) is 0 Å². The standard InChI is InChI=1S/C12H13NO2/c14-7-10-9-6-13(12(15)11(9)10)8-4-2-1-3-5-8/h1-5,9-11,14H,6-7H2/t9-,10-,11-/m0/s1. The highest BCUT2D eigenvalue weighted by Crippen LogP contribution is 2.52. The summed E-state index contributed by atoms with van der Waals surface area (Å²) < 4.78 is 0. The third kappa shape index (κ3) is 1.20. The highest BCUT2D eigenvalue weighted by molar-refractivity contribution is 6.00. The van der Waals surface area contributed by atoms with Crippen LogP contribution in [0.3, 0.4) is 0 Å². The zero-order valence-electron chi connectivity index (χ0n) is 8.34. The van der Waals surface area contributed by atoms with E-state index < -0.39 is 0 Å². The Morgan fingerprint density at radius 1 is 1.33 bits per heavy atom. The van der Waals surface area contributed by atoms with Gasteiger partial charge < -0.3 is 10.0 Å². The van der Waals surface area contributed by atoms with Crippen LogP contribution >= 0.6 is 0 Å². The first kappa shape index (κ1) is 8.92. The topological polar surface area (TPSA) is 40.5 Å². The second-order valence-electron chi connectivity index (χ2n) is 4.32. The van der Waals surface area contributed by atoms with Crippen molar-refractivity contribution in [2.45, 2.75) is 0 Å². The average Bonchev–Trinajstić information content (AvgIpc) is 2.89. The Labute approximate surface area is 88.3 Å². The molecule has 2 fully saturated rings. The third-order valence-electron chi connectivity index (χ3n) is 3.55. The number of piperidine rings is 1. The van der Waals surface area contributed by atoms with Crippen molar-refractivity contribution < 1.29 is 9.90 Å². The fourth-order valence-corrected chi connectivity index (χ4v) is 2.63. The predicted octanol–water partition coefficient (Wildman–Crippen LogP) is 0.888. The summed E-state index contributed by atoms with van der Waals surface area (Å²) in [5, 5.41) is 9.02. The van der Waals surface area contributed by atoms with Gasteiger partial charge in [0, 0.05) is 24.8 Å². The van der Waals surface area contributed by atoms with E-state index in [-0.39, 0.29) is 24.3 Å². The van der Waals surface area contributed by atoms with Gasteiger partial charge in [0.25, 0.3) is 0 Å². The first-order valence-electron chi connectivity index (χ1n) is 5.30. The van der Waals surface area contributed by atoms with Gasteiger partial charge >= 0.3 is 0 Å². The van der Waals surface area contributed by atoms with E-state index in [0.29, 0.717) is 5.92 Å². The number of para-hydroxylation sites is 1. The van der Waals surface area contributed by atoms with Crippen LogP contribution in [-0.4, -0.2) is 24.2 Å². The van der Waals surface area contributed by atoms with E-state index in [1.165, 1.54) is 0 Å². The number of carbonyl (C=O) groups is 1. The molecule has 0 aromatic heterocycles. The van der Waals surface area contributed by atoms with Crippen LogP contribution < -0.4 is 4.90 Å². The maximum absolute atomic E-state index is 11.9. The largest absolute Gasteiger partial charge is 0.396 e. The normalized spacial score (nSPS) is 33.0. The van der Waals surface area contributed by atoms with Crippen molar-refractivity contribution in [2.24, 2.45) is 17.8 Å². The third-order valence-corrected chi connectivity index (χ3v) is 3.55. The zero-order chi connectivity index (χ0) is 10.4. The molecule has 0 unspecified atom stereocenters. The number of hydrogen-bond donors (Lipinski definition) is 1. The Morgan fingerprint density at radius 2 is 2.07 bits per heavy atom. The Bertz CT molecular complexity index is 390. The summed E-state index contributed by atoms with van der Waals surface area (Å²) in [6.07, 6.45) is 0. The second kappa shape index (κ2) is 3.07. The quantitative estimate of drug-likeness (QED) is 0.775. The van der Waals surface area contributed by atoms with Gasteiger partial charge in [-0.1, -0.05) is 18.2 Å². The van der Waals surface area contributed by atoms with Crippen molar-refractivity contribution in [3.05, 3.63) is 30.3 Å². The summed E-state index contributed by atoms with van der Waals surface area (Å²) in [4.78, 5) is 13.8. The molecule has 0 bridgehead atoms. The minimum Gasteiger partial charge on any atom is -0.396 e. The molecule has 1 aliphatic heterocycles. The first-order chi connectivity index (χ1) is 7.33. The summed E-state index contributed by atoms with van der Waals surface area (Å²) in [5.41, 5.74) is 0.978. The fourth-order valence-electron chi connectivity index (χ4n) is 2.63. The van der Waals surface area contributed by atoms with Crippen LogP contribution in [0.4, 0.5) is 5.69 Å². The lowest BCUT2D eigenvalue weighted by Crippen LogP contribution is -2.30. The van der Waals surface area contributed by atoms with Crippen molar-refractivity contribution in [3.63, 3.8) is 0 Å². The van der Waals surface area contributed by atoms with E-state index in [2.05, 4.69) is 0 Å². The van der Waals surface area contributed by atoms with E-state index in [1.54, 1.807) is 0 Å². The van der Waals surface area contributed by atoms with E-state index in [9.17, 15) is 4.79 Å². The number of benzene rings is 1. The van der Waals surface area contributed by atoms with E-state index in [0.717, 1.165) is 12.2 Å². The molecule has 3 nitrogen and oxygen atoms in total. The van der Waals surface area contributed by atoms with Crippen molar-refractivity contribution in [2.75, 3.05) is 18.1 Å². The molecule has 1 aliphatic carbocycles. The summed E-state index contributed by atoms with van der Waals surface area (Å²) in [5.74, 6) is 0.903. The van der Waals surface area contributed by atoms with Crippen LogP contribution in [0, 0.1) is 17.8 Å². The molecule has 1 amide bonds. The molecule has 3 rings (SSSR count). The van der Waals surface area contributed by atoms with Crippen molar-refractivity contribution in [1.29, 1.82) is 0 Å². The van der Waals surface area contributed by atoms with Gasteiger partial charge in [0.15, 0.2) is 0 Å². The SMILES string of the molecule is O=C1[C@@H]2[C@@H](CO)[C@@H]2CN1c1ccccc1. The summed E-state index contributed by atoms with van der Waals surface area (Å²) in [6.45, 7) is 0.933. The highest BCUT2D eigenvalue weighted by atomic mass is 16.3. The van der Waals surface area contributed by atoms with Crippen molar-refractivity contribution >= 4 is 11.6 Å². The molecule has 1 heterocycles. The molecule has 3 atom stereocenters. The molecule has 3 heteroatoms. The molecule has 1 N–H and O–H groups in total. The van der Waals surface area contributed by atoms with Gasteiger partial charge in [-0.05, 0) is 24.0 Å². The van der Waals surface area contributed by atoms with Crippen LogP contribution in [0.15, 0.2) is 30.3 Å². The number of carbonyl (C=O) groups excluding carboxylic acids is 1. The van der Waals surface area contributed by atoms with Gasteiger partial charge in [-0.2, -0.15) is 0 Å². The van der Waals surface area contributed by atoms with Crippen LogP contribution in [0.1, 0.15) is 0 Å². The second-order valence-corrected chi connectivity index (χ2v) is 4.32. The van der Waals surface area contributed by atoms with E-state index in [4.69, 9.17) is 5.11 Å². The molecule has 0 spiro atoms. The highest BCUT2D eigenvalue weighted by Gasteiger charge is 2.61. The van der Waals surface area contributed by atoms with Gasteiger partial charge in [-0.3, -0.25) is 4.79 Å². The van der Waals surface area contributed by atoms with Crippen LogP contribution in [0.2, 0.25) is 0 Å². The van der Waals surface area contributed by atoms with Crippen LogP contribution in [0.25, 0.3) is 0 Å². The number of hydrogen-bond acceptors (Lipinski definition) is 2. The lowest BCUT2D eigenvalue weighted by Gasteiger charge is -2.19. The minimum absolute atomic E-state index is 0.0928. The molecule has 1 aromatic rings. The average molecular weight is 203 g/mol. The van der Waals surface area contributed by atoms with Gasteiger partial charge in [0.2, 0.25) is 5.91 Å². The maximum Gasteiger partial charge on any atom is 0.230 e. The first-order valence-corrected chi connectivity index (χ1v) is 5.30. The molecule has 15 heavy (non-hydrogen) atoms. The van der Waals surface area contributed by atoms with E-state index >= 15 is 0 Å². The van der Waals surface area contributed by atoms with Gasteiger partial charge in [-0.15, -0.1) is 0 Å². The number of amides is 1.